The highest BCUT2D eigenvalue weighted by atomic mass is 32.1. The summed E-state index contributed by atoms with van der Waals surface area (Å²) in [5.74, 6) is 1.96. The van der Waals surface area contributed by atoms with Crippen LogP contribution in [-0.2, 0) is 6.42 Å². The smallest absolute Gasteiger partial charge is 0.000806 e. The fraction of sp³-hybridized carbons (Fsp3) is 0.733. The highest BCUT2D eigenvalue weighted by Crippen LogP contribution is 2.30. The number of hydrogen-bond donors (Lipinski definition) is 1. The summed E-state index contributed by atoms with van der Waals surface area (Å²) in [5, 5.41) is 8.01. The molecular formula is C15H25NS. The predicted octanol–water partition coefficient (Wildman–Crippen LogP) is 4.10. The van der Waals surface area contributed by atoms with Gasteiger partial charge in [0.2, 0.25) is 0 Å². The van der Waals surface area contributed by atoms with Crippen molar-refractivity contribution in [3.63, 3.8) is 0 Å². The van der Waals surface area contributed by atoms with Gasteiger partial charge in [0, 0.05) is 0 Å². The molecule has 0 saturated heterocycles. The summed E-state index contributed by atoms with van der Waals surface area (Å²) in [5.41, 5.74) is 1.48. The van der Waals surface area contributed by atoms with Crippen molar-refractivity contribution in [2.45, 2.75) is 45.4 Å². The summed E-state index contributed by atoms with van der Waals surface area (Å²) in [4.78, 5) is 0. The first-order valence-electron chi connectivity index (χ1n) is 7.06. The van der Waals surface area contributed by atoms with Crippen molar-refractivity contribution in [2.24, 2.45) is 11.8 Å². The van der Waals surface area contributed by atoms with E-state index in [1.807, 2.05) is 0 Å². The van der Waals surface area contributed by atoms with Crippen LogP contribution in [0.25, 0.3) is 0 Å². The minimum atomic E-state index is 0.972. The zero-order valence-corrected chi connectivity index (χ0v) is 11.8. The first-order valence-corrected chi connectivity index (χ1v) is 8.00. The molecule has 1 fully saturated rings. The predicted molar refractivity (Wildman–Crippen MR) is 76.6 cm³/mol. The lowest BCUT2D eigenvalue weighted by atomic mass is 9.81. The topological polar surface area (TPSA) is 12.0 Å². The van der Waals surface area contributed by atoms with Crippen LogP contribution in [0.15, 0.2) is 16.8 Å². The molecule has 0 radical (unpaired) electrons. The molecule has 1 aromatic rings. The van der Waals surface area contributed by atoms with Gasteiger partial charge < -0.3 is 5.32 Å². The fourth-order valence-electron chi connectivity index (χ4n) is 2.92. The summed E-state index contributed by atoms with van der Waals surface area (Å²) >= 11 is 1.80. The Morgan fingerprint density at radius 3 is 3.06 bits per heavy atom. The number of hydrogen-bond acceptors (Lipinski definition) is 2. The van der Waals surface area contributed by atoms with E-state index in [1.54, 1.807) is 11.3 Å². The summed E-state index contributed by atoms with van der Waals surface area (Å²) in [6, 6.07) is 2.23. The summed E-state index contributed by atoms with van der Waals surface area (Å²) < 4.78 is 0. The maximum absolute atomic E-state index is 3.59. The molecule has 2 unspecified atom stereocenters. The van der Waals surface area contributed by atoms with E-state index in [-0.39, 0.29) is 0 Å². The molecule has 1 N–H and O–H groups in total. The van der Waals surface area contributed by atoms with Crippen LogP contribution in [0, 0.1) is 11.8 Å². The van der Waals surface area contributed by atoms with Crippen molar-refractivity contribution in [2.75, 3.05) is 13.1 Å². The molecule has 1 heterocycles. The molecule has 1 aromatic heterocycles. The third-order valence-electron chi connectivity index (χ3n) is 3.94. The van der Waals surface area contributed by atoms with Crippen molar-refractivity contribution in [3.8, 4) is 0 Å². The van der Waals surface area contributed by atoms with Crippen LogP contribution >= 0.6 is 11.3 Å². The average molecular weight is 251 g/mol. The Balaban J connectivity index is 1.51. The Bertz CT molecular complexity index is 294. The van der Waals surface area contributed by atoms with Gasteiger partial charge in [-0.3, -0.25) is 0 Å². The van der Waals surface area contributed by atoms with Crippen LogP contribution in [0.1, 0.15) is 44.6 Å². The van der Waals surface area contributed by atoms with Gasteiger partial charge in [0.1, 0.15) is 0 Å². The molecule has 2 atom stereocenters. The van der Waals surface area contributed by atoms with E-state index in [0.29, 0.717) is 0 Å². The second-order valence-electron chi connectivity index (χ2n) is 5.56. The lowest BCUT2D eigenvalue weighted by Gasteiger charge is -2.26. The molecule has 0 bridgehead atoms. The lowest BCUT2D eigenvalue weighted by molar-refractivity contribution is 0.268. The van der Waals surface area contributed by atoms with Crippen LogP contribution in [0.4, 0.5) is 0 Å². The Hall–Kier alpha value is -0.340. The molecule has 2 heteroatoms. The van der Waals surface area contributed by atoms with Crippen LogP contribution in [-0.4, -0.2) is 13.1 Å². The molecule has 1 nitrogen and oxygen atoms in total. The van der Waals surface area contributed by atoms with Crippen molar-refractivity contribution in [3.05, 3.63) is 22.4 Å². The second kappa shape index (κ2) is 7.17. The Labute approximate surface area is 110 Å². The molecule has 0 aliphatic heterocycles. The molecule has 96 valence electrons. The van der Waals surface area contributed by atoms with E-state index in [1.165, 1.54) is 50.6 Å². The van der Waals surface area contributed by atoms with Crippen LogP contribution in [0.5, 0.6) is 0 Å². The average Bonchev–Trinajstić information content (AvgIpc) is 2.82. The van der Waals surface area contributed by atoms with Gasteiger partial charge in [-0.2, -0.15) is 11.3 Å². The van der Waals surface area contributed by atoms with Gasteiger partial charge in [-0.05, 0) is 66.6 Å². The Kier molecular flexibility index (Phi) is 5.53. The van der Waals surface area contributed by atoms with E-state index in [2.05, 4.69) is 29.1 Å². The van der Waals surface area contributed by atoms with E-state index in [9.17, 15) is 0 Å². The van der Waals surface area contributed by atoms with Gasteiger partial charge in [0.15, 0.2) is 0 Å². The first kappa shape index (κ1) is 13.1. The monoisotopic (exact) mass is 251 g/mol. The van der Waals surface area contributed by atoms with Gasteiger partial charge in [0.05, 0.1) is 0 Å². The van der Waals surface area contributed by atoms with Gasteiger partial charge in [-0.15, -0.1) is 0 Å². The highest BCUT2D eigenvalue weighted by molar-refractivity contribution is 7.07. The quantitative estimate of drug-likeness (QED) is 0.751. The maximum atomic E-state index is 3.59. The summed E-state index contributed by atoms with van der Waals surface area (Å²) in [6.45, 7) is 4.76. The third kappa shape index (κ3) is 4.81. The normalized spacial score (nSPS) is 25.0. The Morgan fingerprint density at radius 2 is 2.29 bits per heavy atom. The fourth-order valence-corrected chi connectivity index (χ4v) is 3.62. The van der Waals surface area contributed by atoms with E-state index in [4.69, 9.17) is 0 Å². The molecule has 1 aliphatic carbocycles. The lowest BCUT2D eigenvalue weighted by Crippen LogP contribution is -2.23. The maximum Gasteiger partial charge on any atom is -0.000806 e. The zero-order valence-electron chi connectivity index (χ0n) is 11.0. The van der Waals surface area contributed by atoms with E-state index < -0.39 is 0 Å². The van der Waals surface area contributed by atoms with Gasteiger partial charge in [-0.25, -0.2) is 0 Å². The van der Waals surface area contributed by atoms with Gasteiger partial charge >= 0.3 is 0 Å². The number of rotatable bonds is 6. The molecule has 1 aliphatic rings. The van der Waals surface area contributed by atoms with Crippen LogP contribution in [0.2, 0.25) is 0 Å². The highest BCUT2D eigenvalue weighted by Gasteiger charge is 2.17. The van der Waals surface area contributed by atoms with Crippen LogP contribution < -0.4 is 5.32 Å². The zero-order chi connectivity index (χ0) is 11.9. The van der Waals surface area contributed by atoms with E-state index in [0.717, 1.165) is 18.4 Å². The minimum absolute atomic E-state index is 0.972. The summed E-state index contributed by atoms with van der Waals surface area (Å²) in [6.07, 6.45) is 8.42. The van der Waals surface area contributed by atoms with Gasteiger partial charge in [0.25, 0.3) is 0 Å². The molecule has 17 heavy (non-hydrogen) atoms. The molecule has 0 spiro atoms. The standard InChI is InChI=1S/C15H25NS/c1-13-3-2-4-14(11-13)5-8-16-9-6-15-7-10-17-12-15/h7,10,12-14,16H,2-6,8-9,11H2,1H3. The van der Waals surface area contributed by atoms with Crippen molar-refractivity contribution in [1.29, 1.82) is 0 Å². The molecular weight excluding hydrogens is 226 g/mol. The number of thiophene rings is 1. The number of nitrogens with one attached hydrogen (secondary N) is 1. The van der Waals surface area contributed by atoms with Crippen LogP contribution in [0.3, 0.4) is 0 Å². The van der Waals surface area contributed by atoms with Crippen molar-refractivity contribution >= 4 is 11.3 Å². The van der Waals surface area contributed by atoms with E-state index >= 15 is 0 Å². The van der Waals surface area contributed by atoms with Crippen molar-refractivity contribution in [1.82, 2.24) is 5.32 Å². The summed E-state index contributed by atoms with van der Waals surface area (Å²) in [7, 11) is 0. The van der Waals surface area contributed by atoms with Crippen molar-refractivity contribution < 1.29 is 0 Å². The Morgan fingerprint density at radius 1 is 1.35 bits per heavy atom. The van der Waals surface area contributed by atoms with Gasteiger partial charge in [-0.1, -0.05) is 26.2 Å². The molecule has 2 rings (SSSR count). The minimum Gasteiger partial charge on any atom is -0.316 e. The third-order valence-corrected chi connectivity index (χ3v) is 4.68. The second-order valence-corrected chi connectivity index (χ2v) is 6.34. The first-order chi connectivity index (χ1) is 8.34. The largest absolute Gasteiger partial charge is 0.316 e. The molecule has 1 saturated carbocycles. The molecule has 0 amide bonds. The molecule has 0 aromatic carbocycles. The SMILES string of the molecule is CC1CCCC(CCNCCc2ccsc2)C1.